The number of carbonyl (C=O) groups excluding carboxylic acids is 4. The van der Waals surface area contributed by atoms with E-state index in [4.69, 9.17) is 0 Å². The van der Waals surface area contributed by atoms with Gasteiger partial charge in [0.05, 0.1) is 0 Å². The summed E-state index contributed by atoms with van der Waals surface area (Å²) < 4.78 is 0. The van der Waals surface area contributed by atoms with Gasteiger partial charge in [-0.05, 0) is 53.3 Å². The number of benzene rings is 3. The molecule has 9 heteroatoms. The van der Waals surface area contributed by atoms with Gasteiger partial charge in [-0.25, -0.2) is 4.98 Å². The van der Waals surface area contributed by atoms with Crippen molar-refractivity contribution in [3.63, 3.8) is 0 Å². The van der Waals surface area contributed by atoms with E-state index in [0.717, 1.165) is 28.0 Å². The van der Waals surface area contributed by atoms with Crippen molar-refractivity contribution in [2.24, 2.45) is 0 Å². The Bertz CT molecular complexity index is 1610. The van der Waals surface area contributed by atoms with E-state index < -0.39 is 11.9 Å². The molecule has 1 aromatic heterocycles. The zero-order chi connectivity index (χ0) is 27.6. The summed E-state index contributed by atoms with van der Waals surface area (Å²) in [5, 5.41) is 5.78. The molecule has 0 radical (unpaired) electrons. The van der Waals surface area contributed by atoms with Crippen molar-refractivity contribution in [3.05, 3.63) is 117 Å². The summed E-state index contributed by atoms with van der Waals surface area (Å²) in [5.74, 6) is -1.12. The Kier molecular flexibility index (Phi) is 6.96. The molecule has 0 bridgehead atoms. The highest BCUT2D eigenvalue weighted by Crippen LogP contribution is 2.29. The monoisotopic (exact) mass is 550 g/mol. The summed E-state index contributed by atoms with van der Waals surface area (Å²) in [6.07, 6.45) is 3.73. The van der Waals surface area contributed by atoms with Gasteiger partial charge in [-0.3, -0.25) is 29.8 Å². The number of anilines is 1. The predicted octanol–water partition coefficient (Wildman–Crippen LogP) is 4.34. The van der Waals surface area contributed by atoms with Gasteiger partial charge in [0.1, 0.15) is 6.04 Å². The number of imide groups is 1. The van der Waals surface area contributed by atoms with Crippen LogP contribution in [0.25, 0.3) is 0 Å². The second-order valence-electron chi connectivity index (χ2n) is 10.0. The summed E-state index contributed by atoms with van der Waals surface area (Å²) >= 11 is 1.46. The summed E-state index contributed by atoms with van der Waals surface area (Å²) in [6.45, 7) is 0.359. The molecule has 1 unspecified atom stereocenters. The van der Waals surface area contributed by atoms with Gasteiger partial charge in [-0.2, -0.15) is 0 Å². The Balaban J connectivity index is 1.07. The molecule has 0 saturated carbocycles. The molecule has 2 aliphatic heterocycles. The Hall–Kier alpha value is -4.63. The highest BCUT2D eigenvalue weighted by Gasteiger charge is 2.39. The first-order valence-corrected chi connectivity index (χ1v) is 13.9. The third-order valence-corrected chi connectivity index (χ3v) is 8.12. The van der Waals surface area contributed by atoms with Crippen molar-refractivity contribution in [3.8, 4) is 0 Å². The zero-order valence-corrected chi connectivity index (χ0v) is 22.4. The van der Waals surface area contributed by atoms with E-state index in [-0.39, 0.29) is 24.1 Å². The number of piperidine rings is 1. The minimum Gasteiger partial charge on any atom is -0.322 e. The van der Waals surface area contributed by atoms with Crippen molar-refractivity contribution < 1.29 is 19.2 Å². The minimum absolute atomic E-state index is 0.188. The van der Waals surface area contributed by atoms with Gasteiger partial charge in [0.25, 0.3) is 11.8 Å². The Morgan fingerprint density at radius 3 is 2.48 bits per heavy atom. The molecular weight excluding hydrogens is 524 g/mol. The molecule has 3 heterocycles. The van der Waals surface area contributed by atoms with E-state index >= 15 is 0 Å². The standard InChI is InChI=1S/C31H26N4O4S/c36-27-13-12-26(29(38)33-27)35-18-23-11-8-21(16-25(23)30(35)39)14-20-6-9-22(10-7-20)28(37)34-31-32-17-24(40-31)15-19-4-2-1-3-5-19/h1-11,16-17,26H,12-15,18H2,(H,32,34,37)(H,33,36,38). The molecule has 4 amide bonds. The van der Waals surface area contributed by atoms with Crippen LogP contribution in [0, 0.1) is 0 Å². The number of hydrogen-bond donors (Lipinski definition) is 2. The van der Waals surface area contributed by atoms with E-state index in [9.17, 15) is 19.2 Å². The highest BCUT2D eigenvalue weighted by molar-refractivity contribution is 7.15. The van der Waals surface area contributed by atoms with E-state index in [1.165, 1.54) is 16.9 Å². The first-order chi connectivity index (χ1) is 19.4. The number of nitrogens with one attached hydrogen (secondary N) is 2. The van der Waals surface area contributed by atoms with Gasteiger partial charge in [-0.1, -0.05) is 54.6 Å². The van der Waals surface area contributed by atoms with Crippen molar-refractivity contribution in [1.29, 1.82) is 0 Å². The molecule has 3 aromatic carbocycles. The van der Waals surface area contributed by atoms with Crippen LogP contribution in [-0.2, 0) is 29.0 Å². The van der Waals surface area contributed by atoms with Crippen molar-refractivity contribution >= 4 is 40.1 Å². The van der Waals surface area contributed by atoms with Crippen LogP contribution in [0.1, 0.15) is 60.7 Å². The molecule has 40 heavy (non-hydrogen) atoms. The zero-order valence-electron chi connectivity index (χ0n) is 21.6. The second kappa shape index (κ2) is 10.9. The van der Waals surface area contributed by atoms with Crippen LogP contribution in [0.2, 0.25) is 0 Å². The quantitative estimate of drug-likeness (QED) is 0.333. The number of hydrogen-bond acceptors (Lipinski definition) is 6. The molecule has 6 rings (SSSR count). The fraction of sp³-hybridized carbons (Fsp3) is 0.194. The molecule has 4 aromatic rings. The number of aromatic nitrogens is 1. The van der Waals surface area contributed by atoms with E-state index in [1.54, 1.807) is 23.2 Å². The van der Waals surface area contributed by atoms with Gasteiger partial charge in [0, 0.05) is 41.6 Å². The van der Waals surface area contributed by atoms with E-state index in [0.29, 0.717) is 35.6 Å². The summed E-state index contributed by atoms with van der Waals surface area (Å²) in [4.78, 5) is 56.6. The van der Waals surface area contributed by atoms with Crippen molar-refractivity contribution in [2.75, 3.05) is 5.32 Å². The molecule has 200 valence electrons. The number of fused-ring (bicyclic) bond motifs is 1. The lowest BCUT2D eigenvalue weighted by Crippen LogP contribution is -2.52. The van der Waals surface area contributed by atoms with Crippen LogP contribution >= 0.6 is 11.3 Å². The fourth-order valence-corrected chi connectivity index (χ4v) is 5.98. The minimum atomic E-state index is -0.625. The summed E-state index contributed by atoms with van der Waals surface area (Å²) in [7, 11) is 0. The maximum atomic E-state index is 13.1. The van der Waals surface area contributed by atoms with Gasteiger partial charge >= 0.3 is 0 Å². The largest absolute Gasteiger partial charge is 0.322 e. The normalized spacial score (nSPS) is 16.6. The third kappa shape index (κ3) is 5.41. The van der Waals surface area contributed by atoms with Gasteiger partial charge in [0.2, 0.25) is 11.8 Å². The van der Waals surface area contributed by atoms with Crippen LogP contribution in [0.5, 0.6) is 0 Å². The van der Waals surface area contributed by atoms with Gasteiger partial charge in [0.15, 0.2) is 5.13 Å². The fourth-order valence-electron chi connectivity index (χ4n) is 5.13. The number of carbonyl (C=O) groups is 4. The predicted molar refractivity (Wildman–Crippen MR) is 151 cm³/mol. The summed E-state index contributed by atoms with van der Waals surface area (Å²) in [6, 6.07) is 22.7. The Morgan fingerprint density at radius 2 is 1.70 bits per heavy atom. The summed E-state index contributed by atoms with van der Waals surface area (Å²) in [5.41, 5.74) is 5.16. The first-order valence-electron chi connectivity index (χ1n) is 13.1. The van der Waals surface area contributed by atoms with Crippen LogP contribution in [0.3, 0.4) is 0 Å². The van der Waals surface area contributed by atoms with E-state index in [2.05, 4.69) is 27.8 Å². The lowest BCUT2D eigenvalue weighted by atomic mass is 9.99. The highest BCUT2D eigenvalue weighted by atomic mass is 32.1. The molecule has 2 N–H and O–H groups in total. The lowest BCUT2D eigenvalue weighted by molar-refractivity contribution is -0.136. The molecule has 1 atom stereocenters. The first kappa shape index (κ1) is 25.6. The Morgan fingerprint density at radius 1 is 0.950 bits per heavy atom. The number of nitrogens with zero attached hydrogens (tertiary/aromatic N) is 2. The smallest absolute Gasteiger partial charge is 0.257 e. The molecule has 1 fully saturated rings. The van der Waals surface area contributed by atoms with Crippen LogP contribution in [0.4, 0.5) is 5.13 Å². The Labute approximate surface area is 235 Å². The average Bonchev–Trinajstić information content (AvgIpc) is 3.53. The van der Waals surface area contributed by atoms with Crippen LogP contribution in [-0.4, -0.2) is 39.6 Å². The molecular formula is C31H26N4O4S. The molecule has 0 spiro atoms. The maximum absolute atomic E-state index is 13.1. The van der Waals surface area contributed by atoms with Crippen molar-refractivity contribution in [1.82, 2.24) is 15.2 Å². The number of thiazole rings is 1. The van der Waals surface area contributed by atoms with Crippen LogP contribution in [0.15, 0.2) is 79.0 Å². The number of rotatable bonds is 7. The molecule has 0 aliphatic carbocycles. The van der Waals surface area contributed by atoms with E-state index in [1.807, 2.05) is 48.5 Å². The number of amides is 4. The topological polar surface area (TPSA) is 108 Å². The van der Waals surface area contributed by atoms with Crippen molar-refractivity contribution in [2.45, 2.75) is 38.3 Å². The van der Waals surface area contributed by atoms with Gasteiger partial charge < -0.3 is 4.90 Å². The van der Waals surface area contributed by atoms with Crippen LogP contribution < -0.4 is 10.6 Å². The lowest BCUT2D eigenvalue weighted by Gasteiger charge is -2.29. The molecule has 2 aliphatic rings. The average molecular weight is 551 g/mol. The maximum Gasteiger partial charge on any atom is 0.257 e. The molecule has 8 nitrogen and oxygen atoms in total. The van der Waals surface area contributed by atoms with Gasteiger partial charge in [-0.15, -0.1) is 11.3 Å². The SMILES string of the molecule is O=C1CCC(N2Cc3ccc(Cc4ccc(C(=O)Nc5ncc(Cc6ccccc6)s5)cc4)cc3C2=O)C(=O)N1. The third-order valence-electron chi connectivity index (χ3n) is 7.21. The second-order valence-corrected chi connectivity index (χ2v) is 11.1. The molecule has 1 saturated heterocycles.